The molecule has 7 heteroatoms. The minimum absolute atomic E-state index is 0.178. The van der Waals surface area contributed by atoms with E-state index in [-0.39, 0.29) is 5.91 Å². The largest absolute Gasteiger partial charge is 0.497 e. The summed E-state index contributed by atoms with van der Waals surface area (Å²) in [5.41, 5.74) is 1.14. The molecule has 1 fully saturated rings. The van der Waals surface area contributed by atoms with Crippen molar-refractivity contribution in [1.29, 1.82) is 0 Å². The van der Waals surface area contributed by atoms with Crippen molar-refractivity contribution < 1.29 is 9.53 Å². The van der Waals surface area contributed by atoms with Gasteiger partial charge in [-0.15, -0.1) is 11.3 Å². The zero-order valence-electron chi connectivity index (χ0n) is 11.5. The van der Waals surface area contributed by atoms with E-state index in [4.69, 9.17) is 17.0 Å². The van der Waals surface area contributed by atoms with Crippen molar-refractivity contribution in [3.63, 3.8) is 0 Å². The Morgan fingerprint density at radius 1 is 1.41 bits per heavy atom. The second-order valence-electron chi connectivity index (χ2n) is 4.50. The van der Waals surface area contributed by atoms with Crippen molar-refractivity contribution in [3.8, 4) is 5.75 Å². The van der Waals surface area contributed by atoms with E-state index in [9.17, 15) is 4.79 Å². The van der Waals surface area contributed by atoms with Crippen LogP contribution in [0.5, 0.6) is 5.75 Å². The maximum absolute atomic E-state index is 12.6. The topological polar surface area (TPSA) is 41.6 Å². The number of carbonyl (C=O) groups is 1. The average Bonchev–Trinajstić information content (AvgIpc) is 3.03. The molecular weight excluding hydrogens is 384 g/mol. The maximum Gasteiger partial charge on any atom is 0.281 e. The molecule has 0 bridgehead atoms. The van der Waals surface area contributed by atoms with Crippen LogP contribution in [-0.2, 0) is 4.79 Å². The molecule has 1 aromatic carbocycles. The molecule has 112 valence electrons. The van der Waals surface area contributed by atoms with Gasteiger partial charge in [0, 0.05) is 20.8 Å². The van der Waals surface area contributed by atoms with Gasteiger partial charge in [-0.1, -0.05) is 6.07 Å². The van der Waals surface area contributed by atoms with Crippen LogP contribution in [0.25, 0.3) is 6.08 Å². The van der Waals surface area contributed by atoms with Crippen LogP contribution in [-0.4, -0.2) is 18.1 Å². The van der Waals surface area contributed by atoms with E-state index in [1.54, 1.807) is 30.6 Å². The first-order valence-corrected chi connectivity index (χ1v) is 8.42. The summed E-state index contributed by atoms with van der Waals surface area (Å²) in [7, 11) is 1.58. The highest BCUT2D eigenvalue weighted by atomic mass is 79.9. The Morgan fingerprint density at radius 2 is 2.23 bits per heavy atom. The van der Waals surface area contributed by atoms with Crippen LogP contribution in [0, 0.1) is 0 Å². The number of benzene rings is 1. The van der Waals surface area contributed by atoms with E-state index >= 15 is 0 Å². The van der Waals surface area contributed by atoms with Gasteiger partial charge in [0.25, 0.3) is 5.91 Å². The quantitative estimate of drug-likeness (QED) is 0.635. The van der Waals surface area contributed by atoms with E-state index in [0.717, 1.165) is 9.35 Å². The lowest BCUT2D eigenvalue weighted by molar-refractivity contribution is -0.113. The number of hydrogen-bond acceptors (Lipinski definition) is 4. The van der Waals surface area contributed by atoms with Gasteiger partial charge in [-0.05, 0) is 52.4 Å². The van der Waals surface area contributed by atoms with Gasteiger partial charge in [-0.3, -0.25) is 9.69 Å². The summed E-state index contributed by atoms with van der Waals surface area (Å²) in [4.78, 5) is 15.0. The number of thiocarbonyl (C=S) groups is 1. The Labute approximate surface area is 145 Å². The summed E-state index contributed by atoms with van der Waals surface area (Å²) in [6.45, 7) is 0. The van der Waals surface area contributed by atoms with Gasteiger partial charge in [-0.2, -0.15) is 0 Å². The van der Waals surface area contributed by atoms with Crippen LogP contribution in [0.3, 0.4) is 0 Å². The molecule has 1 aromatic heterocycles. The van der Waals surface area contributed by atoms with Gasteiger partial charge >= 0.3 is 0 Å². The fraction of sp³-hybridized carbons (Fsp3) is 0.0667. The first kappa shape index (κ1) is 15.2. The number of methoxy groups -OCH3 is 1. The molecule has 2 heterocycles. The van der Waals surface area contributed by atoms with Crippen molar-refractivity contribution in [2.45, 2.75) is 0 Å². The number of amides is 1. The number of nitrogens with one attached hydrogen (secondary N) is 1. The number of hydrogen-bond donors (Lipinski definition) is 1. The highest BCUT2D eigenvalue weighted by molar-refractivity contribution is 9.10. The highest BCUT2D eigenvalue weighted by Gasteiger charge is 2.32. The molecule has 0 radical (unpaired) electrons. The van der Waals surface area contributed by atoms with Crippen molar-refractivity contribution in [3.05, 3.63) is 50.8 Å². The number of rotatable bonds is 3. The minimum atomic E-state index is -0.178. The van der Waals surface area contributed by atoms with Crippen molar-refractivity contribution >= 4 is 62.3 Å². The number of anilines is 1. The summed E-state index contributed by atoms with van der Waals surface area (Å²) >= 11 is 10.2. The van der Waals surface area contributed by atoms with E-state index in [1.165, 1.54) is 4.90 Å². The van der Waals surface area contributed by atoms with E-state index in [1.807, 2.05) is 29.6 Å². The van der Waals surface area contributed by atoms with Crippen LogP contribution < -0.4 is 15.0 Å². The normalized spacial score (nSPS) is 16.3. The lowest BCUT2D eigenvalue weighted by Gasteiger charge is -2.14. The number of thiophene rings is 1. The predicted molar refractivity (Wildman–Crippen MR) is 96.2 cm³/mol. The van der Waals surface area contributed by atoms with Crippen LogP contribution in [0.2, 0.25) is 0 Å². The fourth-order valence-electron chi connectivity index (χ4n) is 2.07. The predicted octanol–water partition coefficient (Wildman–Crippen LogP) is 3.78. The number of nitrogens with zero attached hydrogens (tertiary/aromatic N) is 1. The lowest BCUT2D eigenvalue weighted by atomic mass is 10.2. The van der Waals surface area contributed by atoms with E-state index in [2.05, 4.69) is 21.2 Å². The van der Waals surface area contributed by atoms with Crippen LogP contribution >= 0.6 is 39.5 Å². The molecule has 1 aliphatic rings. The Morgan fingerprint density at radius 3 is 2.91 bits per heavy atom. The number of halogens is 1. The summed E-state index contributed by atoms with van der Waals surface area (Å²) < 4.78 is 6.18. The SMILES string of the molecule is COc1cccc(N2C(=O)/C(=C\c3cc(Br)cs3)NC2=S)c1. The number of carbonyl (C=O) groups excluding carboxylic acids is 1. The van der Waals surface area contributed by atoms with Crippen molar-refractivity contribution in [2.75, 3.05) is 12.0 Å². The van der Waals surface area contributed by atoms with E-state index in [0.29, 0.717) is 22.2 Å². The summed E-state index contributed by atoms with van der Waals surface area (Å²) in [5, 5.41) is 5.29. The van der Waals surface area contributed by atoms with Gasteiger partial charge in [0.05, 0.1) is 12.8 Å². The van der Waals surface area contributed by atoms with Crippen LogP contribution in [0.15, 0.2) is 45.9 Å². The molecule has 1 N–H and O–H groups in total. The molecule has 0 atom stereocenters. The standard InChI is InChI=1S/C15H11BrN2O2S2/c1-20-11-4-2-3-10(6-11)18-14(19)13(17-15(18)21)7-12-5-9(16)8-22-12/h2-8H,1H3,(H,17,21)/b13-7+. The molecule has 1 amide bonds. The van der Waals surface area contributed by atoms with Gasteiger partial charge in [-0.25, -0.2) is 0 Å². The second-order valence-corrected chi connectivity index (χ2v) is 6.74. The molecule has 0 aliphatic carbocycles. The molecule has 0 saturated carbocycles. The molecule has 1 saturated heterocycles. The summed E-state index contributed by atoms with van der Waals surface area (Å²) in [5.74, 6) is 0.496. The zero-order chi connectivity index (χ0) is 15.7. The maximum atomic E-state index is 12.6. The third-order valence-electron chi connectivity index (χ3n) is 3.06. The fourth-order valence-corrected chi connectivity index (χ4v) is 3.74. The minimum Gasteiger partial charge on any atom is -0.497 e. The third-order valence-corrected chi connectivity index (χ3v) is 4.99. The first-order chi connectivity index (χ1) is 10.6. The molecule has 0 spiro atoms. The molecule has 3 rings (SSSR count). The van der Waals surface area contributed by atoms with Gasteiger partial charge in [0.15, 0.2) is 5.11 Å². The number of ether oxygens (including phenoxy) is 1. The van der Waals surface area contributed by atoms with Crippen molar-refractivity contribution in [2.24, 2.45) is 0 Å². The monoisotopic (exact) mass is 394 g/mol. The van der Waals surface area contributed by atoms with Crippen molar-refractivity contribution in [1.82, 2.24) is 5.32 Å². The third kappa shape index (κ3) is 2.92. The lowest BCUT2D eigenvalue weighted by Crippen LogP contribution is -2.30. The molecule has 2 aromatic rings. The van der Waals surface area contributed by atoms with Crippen LogP contribution in [0.4, 0.5) is 5.69 Å². The second kappa shape index (κ2) is 6.20. The first-order valence-electron chi connectivity index (χ1n) is 6.33. The van der Waals surface area contributed by atoms with Gasteiger partial charge in [0.2, 0.25) is 0 Å². The molecular formula is C15H11BrN2O2S2. The Kier molecular flexibility index (Phi) is 4.28. The molecule has 22 heavy (non-hydrogen) atoms. The highest BCUT2D eigenvalue weighted by Crippen LogP contribution is 2.27. The summed E-state index contributed by atoms with van der Waals surface area (Å²) in [6, 6.07) is 9.18. The summed E-state index contributed by atoms with van der Waals surface area (Å²) in [6.07, 6.45) is 1.80. The molecule has 4 nitrogen and oxygen atoms in total. The Hall–Kier alpha value is -1.70. The molecule has 1 aliphatic heterocycles. The zero-order valence-corrected chi connectivity index (χ0v) is 14.7. The Bertz CT molecular complexity index is 785. The Balaban J connectivity index is 1.92. The van der Waals surface area contributed by atoms with Gasteiger partial charge < -0.3 is 10.1 Å². The average molecular weight is 395 g/mol. The van der Waals surface area contributed by atoms with E-state index < -0.39 is 0 Å². The van der Waals surface area contributed by atoms with Gasteiger partial charge in [0.1, 0.15) is 11.4 Å². The smallest absolute Gasteiger partial charge is 0.281 e. The molecule has 0 unspecified atom stereocenters. The van der Waals surface area contributed by atoms with Crippen LogP contribution in [0.1, 0.15) is 4.88 Å².